The van der Waals surface area contributed by atoms with Gasteiger partial charge < -0.3 is 14.4 Å². The molecule has 122 valence electrons. The van der Waals surface area contributed by atoms with Gasteiger partial charge in [-0.2, -0.15) is 0 Å². The summed E-state index contributed by atoms with van der Waals surface area (Å²) in [5.74, 6) is 0.524. The van der Waals surface area contributed by atoms with Gasteiger partial charge >= 0.3 is 6.16 Å². The monoisotopic (exact) mass is 313 g/mol. The van der Waals surface area contributed by atoms with E-state index in [1.807, 2.05) is 75.1 Å². The fourth-order valence-corrected chi connectivity index (χ4v) is 2.50. The molecule has 0 N–H and O–H groups in total. The summed E-state index contributed by atoms with van der Waals surface area (Å²) in [7, 11) is 0. The number of rotatable bonds is 5. The number of nitrogens with zero attached hydrogens (tertiary/aromatic N) is 1. The lowest BCUT2D eigenvalue weighted by molar-refractivity contribution is 0.0643. The van der Waals surface area contributed by atoms with Crippen LogP contribution in [0.5, 0.6) is 5.75 Å². The zero-order valence-electron chi connectivity index (χ0n) is 14.1. The second-order valence-electron chi connectivity index (χ2n) is 5.46. The van der Waals surface area contributed by atoms with Gasteiger partial charge in [0.15, 0.2) is 6.23 Å². The SMILES string of the molecule is CCN(c1ccccc1)C(C)OC(=O)Oc1ccc(C)cc1C. The van der Waals surface area contributed by atoms with Gasteiger partial charge in [0.2, 0.25) is 0 Å². The van der Waals surface area contributed by atoms with Crippen LogP contribution in [-0.2, 0) is 4.74 Å². The molecule has 0 spiro atoms. The van der Waals surface area contributed by atoms with Crippen LogP contribution in [0.15, 0.2) is 48.5 Å². The molecule has 2 aromatic rings. The third-order valence-corrected chi connectivity index (χ3v) is 3.66. The third-order valence-electron chi connectivity index (χ3n) is 3.66. The highest BCUT2D eigenvalue weighted by Crippen LogP contribution is 2.21. The number of benzene rings is 2. The lowest BCUT2D eigenvalue weighted by Crippen LogP contribution is -2.37. The van der Waals surface area contributed by atoms with Crippen molar-refractivity contribution in [3.63, 3.8) is 0 Å². The number of anilines is 1. The average Bonchev–Trinajstić information content (AvgIpc) is 2.52. The van der Waals surface area contributed by atoms with Gasteiger partial charge in [0, 0.05) is 12.2 Å². The fourth-order valence-electron chi connectivity index (χ4n) is 2.50. The van der Waals surface area contributed by atoms with E-state index in [-0.39, 0.29) is 0 Å². The van der Waals surface area contributed by atoms with Crippen LogP contribution in [0.2, 0.25) is 0 Å². The molecule has 4 nitrogen and oxygen atoms in total. The largest absolute Gasteiger partial charge is 0.515 e. The zero-order chi connectivity index (χ0) is 16.8. The Morgan fingerprint density at radius 1 is 1.13 bits per heavy atom. The highest BCUT2D eigenvalue weighted by molar-refractivity contribution is 5.65. The van der Waals surface area contributed by atoms with Crippen molar-refractivity contribution in [3.05, 3.63) is 59.7 Å². The minimum absolute atomic E-state index is 0.416. The van der Waals surface area contributed by atoms with Crippen molar-refractivity contribution in [2.24, 2.45) is 0 Å². The first-order chi connectivity index (χ1) is 11.0. The summed E-state index contributed by atoms with van der Waals surface area (Å²) in [6, 6.07) is 15.5. The van der Waals surface area contributed by atoms with Gasteiger partial charge in [-0.15, -0.1) is 0 Å². The Bertz CT molecular complexity index is 655. The Balaban J connectivity index is 2.01. The van der Waals surface area contributed by atoms with Crippen molar-refractivity contribution >= 4 is 11.8 Å². The van der Waals surface area contributed by atoms with E-state index < -0.39 is 12.4 Å². The number of hydrogen-bond donors (Lipinski definition) is 0. The number of aryl methyl sites for hydroxylation is 2. The molecule has 0 saturated carbocycles. The topological polar surface area (TPSA) is 38.8 Å². The van der Waals surface area contributed by atoms with Crippen molar-refractivity contribution in [2.75, 3.05) is 11.4 Å². The molecule has 0 aliphatic rings. The van der Waals surface area contributed by atoms with Gasteiger partial charge in [-0.05, 0) is 51.5 Å². The van der Waals surface area contributed by atoms with E-state index >= 15 is 0 Å². The second kappa shape index (κ2) is 7.68. The first kappa shape index (κ1) is 16.9. The lowest BCUT2D eigenvalue weighted by Gasteiger charge is -2.29. The van der Waals surface area contributed by atoms with Gasteiger partial charge in [0.05, 0.1) is 0 Å². The standard InChI is InChI=1S/C19H23NO3/c1-5-20(17-9-7-6-8-10-17)16(4)22-19(21)23-18-12-11-14(2)13-15(18)3/h6-13,16H,5H2,1-4H3. The van der Waals surface area contributed by atoms with Gasteiger partial charge in [0.1, 0.15) is 5.75 Å². The van der Waals surface area contributed by atoms with Crippen LogP contribution >= 0.6 is 0 Å². The van der Waals surface area contributed by atoms with Crippen LogP contribution < -0.4 is 9.64 Å². The lowest BCUT2D eigenvalue weighted by atomic mass is 10.1. The molecule has 0 amide bonds. The van der Waals surface area contributed by atoms with E-state index in [4.69, 9.17) is 9.47 Å². The Morgan fingerprint density at radius 2 is 1.83 bits per heavy atom. The maximum absolute atomic E-state index is 12.0. The van der Waals surface area contributed by atoms with E-state index in [1.54, 1.807) is 6.07 Å². The van der Waals surface area contributed by atoms with Gasteiger partial charge in [-0.25, -0.2) is 4.79 Å². The third kappa shape index (κ3) is 4.49. The summed E-state index contributed by atoms with van der Waals surface area (Å²) in [6.07, 6.45) is -1.11. The molecular weight excluding hydrogens is 290 g/mol. The quantitative estimate of drug-likeness (QED) is 0.456. The van der Waals surface area contributed by atoms with E-state index in [9.17, 15) is 4.79 Å². The molecule has 0 bridgehead atoms. The first-order valence-electron chi connectivity index (χ1n) is 7.78. The van der Waals surface area contributed by atoms with Crippen LogP contribution in [0, 0.1) is 13.8 Å². The molecule has 0 fully saturated rings. The highest BCUT2D eigenvalue weighted by atomic mass is 16.7. The predicted molar refractivity (Wildman–Crippen MR) is 91.9 cm³/mol. The molecular formula is C19H23NO3. The molecule has 0 aliphatic heterocycles. The summed E-state index contributed by atoms with van der Waals surface area (Å²) in [5.41, 5.74) is 3.03. The number of para-hydroxylation sites is 1. The molecule has 4 heteroatoms. The Hall–Kier alpha value is -2.49. The second-order valence-corrected chi connectivity index (χ2v) is 5.46. The molecule has 0 heterocycles. The molecule has 2 rings (SSSR count). The number of ether oxygens (including phenoxy) is 2. The molecule has 0 saturated heterocycles. The summed E-state index contributed by atoms with van der Waals surface area (Å²) in [4.78, 5) is 14.0. The van der Waals surface area contributed by atoms with Crippen molar-refractivity contribution in [3.8, 4) is 5.75 Å². The van der Waals surface area contributed by atoms with Crippen LogP contribution in [0.4, 0.5) is 10.5 Å². The minimum atomic E-state index is -0.696. The van der Waals surface area contributed by atoms with Gasteiger partial charge in [0.25, 0.3) is 0 Å². The van der Waals surface area contributed by atoms with Gasteiger partial charge in [-0.3, -0.25) is 0 Å². The van der Waals surface area contributed by atoms with Crippen LogP contribution in [0.25, 0.3) is 0 Å². The van der Waals surface area contributed by atoms with E-state index in [1.165, 1.54) is 0 Å². The molecule has 0 radical (unpaired) electrons. The van der Waals surface area contributed by atoms with Crippen molar-refractivity contribution < 1.29 is 14.3 Å². The van der Waals surface area contributed by atoms with Crippen LogP contribution in [-0.4, -0.2) is 18.9 Å². The minimum Gasteiger partial charge on any atom is -0.410 e. The van der Waals surface area contributed by atoms with Crippen molar-refractivity contribution in [1.82, 2.24) is 0 Å². The number of carbonyl (C=O) groups is 1. The van der Waals surface area contributed by atoms with Gasteiger partial charge in [-0.1, -0.05) is 35.9 Å². The summed E-state index contributed by atoms with van der Waals surface area (Å²) in [5, 5.41) is 0. The summed E-state index contributed by atoms with van der Waals surface area (Å²) in [6.45, 7) is 8.47. The molecule has 2 aromatic carbocycles. The smallest absolute Gasteiger partial charge is 0.410 e. The van der Waals surface area contributed by atoms with Crippen LogP contribution in [0.1, 0.15) is 25.0 Å². The van der Waals surface area contributed by atoms with E-state index in [2.05, 4.69) is 0 Å². The Labute approximate surface area is 137 Å². The Kier molecular flexibility index (Phi) is 5.63. The highest BCUT2D eigenvalue weighted by Gasteiger charge is 2.18. The molecule has 0 aromatic heterocycles. The average molecular weight is 313 g/mol. The molecule has 1 atom stereocenters. The van der Waals surface area contributed by atoms with Crippen molar-refractivity contribution in [1.29, 1.82) is 0 Å². The first-order valence-corrected chi connectivity index (χ1v) is 7.78. The van der Waals surface area contributed by atoms with Crippen LogP contribution in [0.3, 0.4) is 0 Å². The number of carbonyl (C=O) groups excluding carboxylic acids is 1. The predicted octanol–water partition coefficient (Wildman–Crippen LogP) is 4.69. The van der Waals surface area contributed by atoms with E-state index in [0.717, 1.165) is 23.4 Å². The van der Waals surface area contributed by atoms with E-state index in [0.29, 0.717) is 5.75 Å². The fraction of sp³-hybridized carbons (Fsp3) is 0.316. The molecule has 1 unspecified atom stereocenters. The summed E-state index contributed by atoms with van der Waals surface area (Å²) >= 11 is 0. The maximum atomic E-state index is 12.0. The number of hydrogen-bond acceptors (Lipinski definition) is 4. The maximum Gasteiger partial charge on any atom is 0.515 e. The molecule has 0 aliphatic carbocycles. The molecule has 23 heavy (non-hydrogen) atoms. The van der Waals surface area contributed by atoms with Crippen molar-refractivity contribution in [2.45, 2.75) is 33.9 Å². The summed E-state index contributed by atoms with van der Waals surface area (Å²) < 4.78 is 10.7. The normalized spacial score (nSPS) is 11.7. The zero-order valence-corrected chi connectivity index (χ0v) is 14.1. The Morgan fingerprint density at radius 3 is 2.43 bits per heavy atom.